The normalized spacial score (nSPS) is 30.8. The molecule has 150 valence electrons. The Morgan fingerprint density at radius 1 is 1.17 bits per heavy atom. The summed E-state index contributed by atoms with van der Waals surface area (Å²) in [7, 11) is 1.80. The summed E-state index contributed by atoms with van der Waals surface area (Å²) in [5.41, 5.74) is 3.00. The summed E-state index contributed by atoms with van der Waals surface area (Å²) in [5, 5.41) is 4.07. The second-order valence-electron chi connectivity index (χ2n) is 8.94. The predicted octanol–water partition coefficient (Wildman–Crippen LogP) is 4.97. The number of thiocarbonyl (C=S) groups is 1. The number of rotatable bonds is 2. The molecule has 5 heteroatoms. The Labute approximate surface area is 186 Å². The largest absolute Gasteiger partial charge is 0.344 e. The summed E-state index contributed by atoms with van der Waals surface area (Å²) in [6.45, 7) is 0. The monoisotopic (exact) mass is 468 g/mol. The van der Waals surface area contributed by atoms with Crippen molar-refractivity contribution in [3.63, 3.8) is 0 Å². The summed E-state index contributed by atoms with van der Waals surface area (Å²) in [6.07, 6.45) is 6.47. The van der Waals surface area contributed by atoms with Crippen LogP contribution in [0, 0.1) is 11.3 Å². The van der Waals surface area contributed by atoms with E-state index in [0.717, 1.165) is 48.6 Å². The maximum atomic E-state index is 13.6. The number of hydrogen-bond donors (Lipinski definition) is 1. The molecule has 3 aliphatic rings. The van der Waals surface area contributed by atoms with E-state index in [4.69, 9.17) is 12.2 Å². The molecule has 1 amide bonds. The van der Waals surface area contributed by atoms with Crippen LogP contribution in [0.5, 0.6) is 0 Å². The van der Waals surface area contributed by atoms with E-state index < -0.39 is 5.54 Å². The molecule has 1 aliphatic heterocycles. The standard InChI is InChI=1S/C24H25BrN2OS/c1-27-21(28)24(26-22(27)29)20-14-19(25)8-7-18(20)15-23(24)11-9-17(10-12-23)13-16-5-3-2-4-6-16/h2-8,14,17H,9-13,15H2,1H3,(H,26,29). The van der Waals surface area contributed by atoms with Gasteiger partial charge in [-0.15, -0.1) is 0 Å². The van der Waals surface area contributed by atoms with Gasteiger partial charge in [0.25, 0.3) is 5.91 Å². The molecule has 0 aromatic heterocycles. The van der Waals surface area contributed by atoms with E-state index >= 15 is 0 Å². The molecule has 2 aliphatic carbocycles. The Kier molecular flexibility index (Phi) is 4.59. The molecule has 2 aromatic rings. The molecular weight excluding hydrogens is 444 g/mol. The van der Waals surface area contributed by atoms with E-state index in [2.05, 4.69) is 69.8 Å². The molecule has 29 heavy (non-hydrogen) atoms. The van der Waals surface area contributed by atoms with E-state index in [9.17, 15) is 4.79 Å². The minimum Gasteiger partial charge on any atom is -0.344 e. The summed E-state index contributed by atoms with van der Waals surface area (Å²) in [4.78, 5) is 15.3. The maximum absolute atomic E-state index is 13.6. The third-order valence-corrected chi connectivity index (χ3v) is 8.32. The van der Waals surface area contributed by atoms with Crippen LogP contribution in [0.25, 0.3) is 0 Å². The van der Waals surface area contributed by atoms with Crippen molar-refractivity contribution >= 4 is 39.2 Å². The second-order valence-corrected chi connectivity index (χ2v) is 10.2. The molecule has 5 rings (SSSR count). The molecule has 1 N–H and O–H groups in total. The predicted molar refractivity (Wildman–Crippen MR) is 123 cm³/mol. The molecule has 1 heterocycles. The number of carbonyl (C=O) groups is 1. The minimum absolute atomic E-state index is 0.102. The number of fused-ring (bicyclic) bond motifs is 3. The lowest BCUT2D eigenvalue weighted by Gasteiger charge is -2.47. The van der Waals surface area contributed by atoms with E-state index in [1.54, 1.807) is 11.9 Å². The average Bonchev–Trinajstić information content (AvgIpc) is 3.12. The molecule has 1 saturated heterocycles. The van der Waals surface area contributed by atoms with E-state index in [0.29, 0.717) is 11.0 Å². The van der Waals surface area contributed by atoms with Gasteiger partial charge in [-0.25, -0.2) is 0 Å². The van der Waals surface area contributed by atoms with Crippen LogP contribution < -0.4 is 5.32 Å². The number of halogens is 1. The number of hydrogen-bond acceptors (Lipinski definition) is 2. The molecule has 1 saturated carbocycles. The van der Waals surface area contributed by atoms with Crippen LogP contribution in [0.4, 0.5) is 0 Å². The van der Waals surface area contributed by atoms with Crippen LogP contribution in [0.15, 0.2) is 53.0 Å². The highest BCUT2D eigenvalue weighted by Crippen LogP contribution is 2.60. The minimum atomic E-state index is -0.713. The summed E-state index contributed by atoms with van der Waals surface area (Å²) >= 11 is 9.15. The van der Waals surface area contributed by atoms with Crippen LogP contribution >= 0.6 is 28.1 Å². The molecule has 3 nitrogen and oxygen atoms in total. The first-order chi connectivity index (χ1) is 13.9. The SMILES string of the molecule is CN1C(=O)C2(NC1=S)c1cc(Br)ccc1CC21CCC(Cc2ccccc2)CC1. The second kappa shape index (κ2) is 6.92. The highest BCUT2D eigenvalue weighted by molar-refractivity contribution is 9.10. The smallest absolute Gasteiger partial charge is 0.259 e. The number of nitrogens with one attached hydrogen (secondary N) is 1. The molecule has 1 unspecified atom stereocenters. The summed E-state index contributed by atoms with van der Waals surface area (Å²) < 4.78 is 1.01. The molecular formula is C24H25BrN2OS. The Morgan fingerprint density at radius 3 is 2.55 bits per heavy atom. The van der Waals surface area contributed by atoms with E-state index in [1.165, 1.54) is 11.1 Å². The molecule has 2 fully saturated rings. The molecule has 2 spiro atoms. The zero-order valence-electron chi connectivity index (χ0n) is 16.6. The number of likely N-dealkylation sites (N-methyl/N-ethyl adjacent to an activating group) is 1. The van der Waals surface area contributed by atoms with Crippen LogP contribution in [0.1, 0.15) is 42.4 Å². The number of benzene rings is 2. The van der Waals surface area contributed by atoms with Gasteiger partial charge < -0.3 is 5.32 Å². The Balaban J connectivity index is 1.49. The topological polar surface area (TPSA) is 32.3 Å². The van der Waals surface area contributed by atoms with Crippen molar-refractivity contribution in [2.24, 2.45) is 11.3 Å². The van der Waals surface area contributed by atoms with Crippen molar-refractivity contribution in [1.29, 1.82) is 0 Å². The molecule has 0 bridgehead atoms. The van der Waals surface area contributed by atoms with Gasteiger partial charge in [-0.05, 0) is 85.5 Å². The van der Waals surface area contributed by atoms with E-state index in [-0.39, 0.29) is 11.3 Å². The fraction of sp³-hybridized carbons (Fsp3) is 0.417. The van der Waals surface area contributed by atoms with Gasteiger partial charge in [0, 0.05) is 16.9 Å². The van der Waals surface area contributed by atoms with Crippen molar-refractivity contribution in [3.05, 3.63) is 69.7 Å². The highest BCUT2D eigenvalue weighted by Gasteiger charge is 2.66. The molecule has 0 radical (unpaired) electrons. The summed E-state index contributed by atoms with van der Waals surface area (Å²) in [5.74, 6) is 0.789. The first kappa shape index (κ1) is 19.3. The first-order valence-electron chi connectivity index (χ1n) is 10.4. The van der Waals surface area contributed by atoms with Gasteiger partial charge in [-0.3, -0.25) is 9.69 Å². The third-order valence-electron chi connectivity index (χ3n) is 7.45. The molecule has 1 atom stereocenters. The number of nitrogens with zero attached hydrogens (tertiary/aromatic N) is 1. The Morgan fingerprint density at radius 2 is 1.90 bits per heavy atom. The number of carbonyl (C=O) groups excluding carboxylic acids is 1. The van der Waals surface area contributed by atoms with Crippen LogP contribution in [-0.4, -0.2) is 23.0 Å². The van der Waals surface area contributed by atoms with Crippen molar-refractivity contribution in [3.8, 4) is 0 Å². The van der Waals surface area contributed by atoms with Crippen LogP contribution in [0.3, 0.4) is 0 Å². The average molecular weight is 469 g/mol. The van der Waals surface area contributed by atoms with Gasteiger partial charge in [-0.2, -0.15) is 0 Å². The van der Waals surface area contributed by atoms with Gasteiger partial charge in [0.05, 0.1) is 0 Å². The van der Waals surface area contributed by atoms with Gasteiger partial charge >= 0.3 is 0 Å². The highest BCUT2D eigenvalue weighted by atomic mass is 79.9. The Hall–Kier alpha value is -1.72. The van der Waals surface area contributed by atoms with Crippen molar-refractivity contribution < 1.29 is 4.79 Å². The quantitative estimate of drug-likeness (QED) is 0.631. The third kappa shape index (κ3) is 2.81. The summed E-state index contributed by atoms with van der Waals surface area (Å²) in [6, 6.07) is 17.2. The van der Waals surface area contributed by atoms with E-state index in [1.807, 2.05) is 0 Å². The van der Waals surface area contributed by atoms with Crippen molar-refractivity contribution in [2.45, 2.75) is 44.1 Å². The fourth-order valence-corrected chi connectivity index (χ4v) is 6.55. The lowest BCUT2D eigenvalue weighted by atomic mass is 9.59. The lowest BCUT2D eigenvalue weighted by Crippen LogP contribution is -2.56. The van der Waals surface area contributed by atoms with Crippen molar-refractivity contribution in [2.75, 3.05) is 7.05 Å². The zero-order valence-corrected chi connectivity index (χ0v) is 19.0. The maximum Gasteiger partial charge on any atom is 0.259 e. The van der Waals surface area contributed by atoms with Gasteiger partial charge in [0.1, 0.15) is 0 Å². The zero-order chi connectivity index (χ0) is 20.2. The fourth-order valence-electron chi connectivity index (χ4n) is 5.95. The van der Waals surface area contributed by atoms with Crippen molar-refractivity contribution in [1.82, 2.24) is 10.2 Å². The van der Waals surface area contributed by atoms with Crippen LogP contribution in [-0.2, 0) is 23.2 Å². The lowest BCUT2D eigenvalue weighted by molar-refractivity contribution is -0.136. The van der Waals surface area contributed by atoms with Gasteiger partial charge in [0.2, 0.25) is 0 Å². The number of amides is 1. The first-order valence-corrected chi connectivity index (χ1v) is 11.6. The molecule has 2 aromatic carbocycles. The van der Waals surface area contributed by atoms with Crippen LogP contribution in [0.2, 0.25) is 0 Å². The van der Waals surface area contributed by atoms with Gasteiger partial charge in [0.15, 0.2) is 10.7 Å². The Bertz CT molecular complexity index is 984. The van der Waals surface area contributed by atoms with Gasteiger partial charge in [-0.1, -0.05) is 52.3 Å².